The predicted molar refractivity (Wildman–Crippen MR) is 98.5 cm³/mol. The molecule has 0 unspecified atom stereocenters. The van der Waals surface area contributed by atoms with Gasteiger partial charge in [-0.3, -0.25) is 9.59 Å². The quantitative estimate of drug-likeness (QED) is 0.776. The van der Waals surface area contributed by atoms with Gasteiger partial charge in [-0.05, 0) is 24.6 Å². The van der Waals surface area contributed by atoms with Gasteiger partial charge in [-0.2, -0.15) is 0 Å². The molecule has 3 rings (SSSR count). The van der Waals surface area contributed by atoms with E-state index in [1.807, 2.05) is 31.7 Å². The van der Waals surface area contributed by atoms with E-state index in [1.165, 1.54) is 17.4 Å². The average Bonchev–Trinajstić information content (AvgIpc) is 2.91. The zero-order chi connectivity index (χ0) is 18.4. The van der Waals surface area contributed by atoms with E-state index in [0.717, 1.165) is 4.70 Å². The van der Waals surface area contributed by atoms with Crippen molar-refractivity contribution in [3.8, 4) is 0 Å². The van der Waals surface area contributed by atoms with Crippen LogP contribution in [0.5, 0.6) is 0 Å². The van der Waals surface area contributed by atoms with Crippen LogP contribution in [0.1, 0.15) is 36.0 Å². The highest BCUT2D eigenvalue weighted by Crippen LogP contribution is 2.33. The van der Waals surface area contributed by atoms with Crippen molar-refractivity contribution in [1.82, 2.24) is 9.80 Å². The number of piperazine rings is 1. The molecular formula is C19H23FN2O2S. The maximum atomic E-state index is 14.1. The zero-order valence-electron chi connectivity index (χ0n) is 15.1. The van der Waals surface area contributed by atoms with Crippen molar-refractivity contribution >= 4 is 33.2 Å². The maximum absolute atomic E-state index is 14.1. The molecule has 1 aliphatic rings. The number of carbonyl (C=O) groups excluding carboxylic acids is 2. The molecule has 1 aliphatic heterocycles. The topological polar surface area (TPSA) is 40.6 Å². The molecule has 25 heavy (non-hydrogen) atoms. The van der Waals surface area contributed by atoms with Crippen LogP contribution >= 0.6 is 11.3 Å². The first-order chi connectivity index (χ1) is 11.7. The molecule has 0 spiro atoms. The number of rotatable bonds is 1. The van der Waals surface area contributed by atoms with Gasteiger partial charge in [-0.25, -0.2) is 4.39 Å². The third-order valence-corrected chi connectivity index (χ3v) is 5.84. The van der Waals surface area contributed by atoms with Gasteiger partial charge in [0.05, 0.1) is 4.88 Å². The zero-order valence-corrected chi connectivity index (χ0v) is 15.9. The number of aryl methyl sites for hydroxylation is 1. The van der Waals surface area contributed by atoms with E-state index < -0.39 is 5.41 Å². The molecular weight excluding hydrogens is 339 g/mol. The second kappa shape index (κ2) is 6.41. The Morgan fingerprint density at radius 3 is 2.24 bits per heavy atom. The largest absolute Gasteiger partial charge is 0.339 e. The molecule has 6 heteroatoms. The molecule has 1 saturated heterocycles. The van der Waals surface area contributed by atoms with Gasteiger partial charge in [0.1, 0.15) is 5.82 Å². The van der Waals surface area contributed by atoms with Crippen LogP contribution in [0.4, 0.5) is 4.39 Å². The number of carbonyl (C=O) groups is 2. The van der Waals surface area contributed by atoms with Gasteiger partial charge in [0, 0.05) is 41.7 Å². The molecule has 0 aliphatic carbocycles. The molecule has 2 heterocycles. The van der Waals surface area contributed by atoms with E-state index in [2.05, 4.69) is 0 Å². The molecule has 2 aromatic rings. The van der Waals surface area contributed by atoms with Crippen LogP contribution in [0, 0.1) is 18.2 Å². The highest BCUT2D eigenvalue weighted by atomic mass is 32.1. The number of benzene rings is 1. The predicted octanol–water partition coefficient (Wildman–Crippen LogP) is 3.68. The first-order valence-corrected chi connectivity index (χ1v) is 9.28. The highest BCUT2D eigenvalue weighted by molar-refractivity contribution is 7.21. The third kappa shape index (κ3) is 3.27. The van der Waals surface area contributed by atoms with Crippen molar-refractivity contribution in [1.29, 1.82) is 0 Å². The number of amides is 2. The number of halogens is 1. The molecule has 0 radical (unpaired) electrons. The number of thiophene rings is 1. The van der Waals surface area contributed by atoms with Gasteiger partial charge in [0.25, 0.3) is 5.91 Å². The molecule has 1 fully saturated rings. The molecule has 2 amide bonds. The number of fused-ring (bicyclic) bond motifs is 1. The maximum Gasteiger partial charge on any atom is 0.264 e. The summed E-state index contributed by atoms with van der Waals surface area (Å²) < 4.78 is 14.8. The molecule has 0 bridgehead atoms. The first kappa shape index (κ1) is 17.9. The third-order valence-electron chi connectivity index (χ3n) is 4.59. The summed E-state index contributed by atoms with van der Waals surface area (Å²) in [5.41, 5.74) is 0.294. The number of hydrogen-bond acceptors (Lipinski definition) is 3. The SMILES string of the molecule is Cc1c(C(=O)N2CCN(C(=O)C(C)(C)C)CC2)sc2cccc(F)c12. The summed E-state index contributed by atoms with van der Waals surface area (Å²) in [5, 5.41) is 0.539. The molecule has 0 atom stereocenters. The second-order valence-corrected chi connectivity index (χ2v) is 8.56. The van der Waals surface area contributed by atoms with Crippen molar-refractivity contribution in [3.63, 3.8) is 0 Å². The minimum Gasteiger partial charge on any atom is -0.339 e. The smallest absolute Gasteiger partial charge is 0.264 e. The second-order valence-electron chi connectivity index (χ2n) is 7.50. The molecule has 1 aromatic heterocycles. The molecule has 0 saturated carbocycles. The molecule has 0 N–H and O–H groups in total. The highest BCUT2D eigenvalue weighted by Gasteiger charge is 2.32. The van der Waals surface area contributed by atoms with E-state index in [0.29, 0.717) is 42.0 Å². The van der Waals surface area contributed by atoms with Crippen LogP contribution in [0.2, 0.25) is 0 Å². The Hall–Kier alpha value is -1.95. The average molecular weight is 362 g/mol. The number of nitrogens with zero attached hydrogens (tertiary/aromatic N) is 2. The van der Waals surface area contributed by atoms with Crippen LogP contribution in [0.25, 0.3) is 10.1 Å². The summed E-state index contributed by atoms with van der Waals surface area (Å²) in [7, 11) is 0. The van der Waals surface area contributed by atoms with Crippen LogP contribution in [0.3, 0.4) is 0 Å². The van der Waals surface area contributed by atoms with Gasteiger partial charge in [-0.15, -0.1) is 11.3 Å². The number of hydrogen-bond donors (Lipinski definition) is 0. The summed E-state index contributed by atoms with van der Waals surface area (Å²) in [4.78, 5) is 29.4. The van der Waals surface area contributed by atoms with Gasteiger partial charge >= 0.3 is 0 Å². The summed E-state index contributed by atoms with van der Waals surface area (Å²) >= 11 is 1.34. The molecule has 4 nitrogen and oxygen atoms in total. The van der Waals surface area contributed by atoms with E-state index in [-0.39, 0.29) is 17.6 Å². The fraction of sp³-hybridized carbons (Fsp3) is 0.474. The van der Waals surface area contributed by atoms with Crippen molar-refractivity contribution in [3.05, 3.63) is 34.5 Å². The normalized spacial score (nSPS) is 15.7. The van der Waals surface area contributed by atoms with E-state index in [1.54, 1.807) is 17.9 Å². The lowest BCUT2D eigenvalue weighted by Crippen LogP contribution is -2.53. The summed E-state index contributed by atoms with van der Waals surface area (Å²) in [6.45, 7) is 9.62. The van der Waals surface area contributed by atoms with Gasteiger partial charge in [-0.1, -0.05) is 26.8 Å². The van der Waals surface area contributed by atoms with Crippen molar-refractivity contribution in [2.75, 3.05) is 26.2 Å². The Labute approximate surface area is 151 Å². The Bertz CT molecular complexity index is 830. The first-order valence-electron chi connectivity index (χ1n) is 8.46. The summed E-state index contributed by atoms with van der Waals surface area (Å²) in [6.07, 6.45) is 0. The molecule has 1 aromatic carbocycles. The van der Waals surface area contributed by atoms with Crippen LogP contribution in [-0.2, 0) is 4.79 Å². The van der Waals surface area contributed by atoms with Gasteiger partial charge in [0.15, 0.2) is 0 Å². The van der Waals surface area contributed by atoms with Crippen LogP contribution in [0.15, 0.2) is 18.2 Å². The fourth-order valence-electron chi connectivity index (χ4n) is 3.19. The summed E-state index contributed by atoms with van der Waals surface area (Å²) in [6, 6.07) is 4.93. The van der Waals surface area contributed by atoms with Crippen molar-refractivity contribution in [2.45, 2.75) is 27.7 Å². The van der Waals surface area contributed by atoms with Crippen LogP contribution < -0.4 is 0 Å². The summed E-state index contributed by atoms with van der Waals surface area (Å²) in [5.74, 6) is -0.244. The Kier molecular flexibility index (Phi) is 4.58. The van der Waals surface area contributed by atoms with Crippen LogP contribution in [-0.4, -0.2) is 47.8 Å². The lowest BCUT2D eigenvalue weighted by Gasteiger charge is -2.37. The van der Waals surface area contributed by atoms with Gasteiger partial charge < -0.3 is 9.80 Å². The lowest BCUT2D eigenvalue weighted by molar-refractivity contribution is -0.140. The lowest BCUT2D eigenvalue weighted by atomic mass is 9.94. The van der Waals surface area contributed by atoms with Crippen molar-refractivity contribution in [2.24, 2.45) is 5.41 Å². The monoisotopic (exact) mass is 362 g/mol. The minimum absolute atomic E-state index is 0.0686. The van der Waals surface area contributed by atoms with Crippen molar-refractivity contribution < 1.29 is 14.0 Å². The van der Waals surface area contributed by atoms with E-state index in [9.17, 15) is 14.0 Å². The minimum atomic E-state index is -0.411. The fourth-order valence-corrected chi connectivity index (χ4v) is 4.38. The molecule has 134 valence electrons. The standard InChI is InChI=1S/C19H23FN2O2S/c1-12-15-13(20)6-5-7-14(15)25-16(12)17(23)21-8-10-22(11-9-21)18(24)19(2,3)4/h5-7H,8-11H2,1-4H3. The van der Waals surface area contributed by atoms with E-state index in [4.69, 9.17) is 0 Å². The Balaban J connectivity index is 1.77. The van der Waals surface area contributed by atoms with E-state index >= 15 is 0 Å². The Morgan fingerprint density at radius 2 is 1.68 bits per heavy atom. The Morgan fingerprint density at radius 1 is 1.08 bits per heavy atom. The van der Waals surface area contributed by atoms with Gasteiger partial charge in [0.2, 0.25) is 5.91 Å².